The van der Waals surface area contributed by atoms with E-state index >= 15 is 0 Å². The van der Waals surface area contributed by atoms with Crippen molar-refractivity contribution in [1.82, 2.24) is 0 Å². The Hall–Kier alpha value is -1.92. The van der Waals surface area contributed by atoms with Gasteiger partial charge in [-0.05, 0) is 48.5 Å². The van der Waals surface area contributed by atoms with Crippen LogP contribution in [-0.4, -0.2) is 10.2 Å². The van der Waals surface area contributed by atoms with Crippen LogP contribution in [0.1, 0.15) is 0 Å². The first-order valence-corrected chi connectivity index (χ1v) is 8.42. The minimum atomic E-state index is -0.709. The molecule has 0 saturated heterocycles. The average molecular weight is 456 g/mol. The third-order valence-corrected chi connectivity index (χ3v) is 4.54. The number of hydrogen-bond donors (Lipinski definition) is 2. The molecular weight excluding hydrogens is 446 g/mol. The Bertz CT molecular complexity index is 865. The SMILES string of the molecule is Oc1ccc(Br)cc1-c1cc(F)c(-c2cc(Br)ccc2O)cc1F. The summed E-state index contributed by atoms with van der Waals surface area (Å²) in [4.78, 5) is 0. The number of aromatic hydroxyl groups is 2. The van der Waals surface area contributed by atoms with E-state index in [0.29, 0.717) is 8.95 Å². The standard InChI is InChI=1S/C18H10Br2F2O2/c19-9-1-3-17(23)13(5-9)11-7-16(22)12(8-15(11)21)14-6-10(20)2-4-18(14)24/h1-8,23-24H. The lowest BCUT2D eigenvalue weighted by atomic mass is 9.98. The van der Waals surface area contributed by atoms with Crippen molar-refractivity contribution in [2.45, 2.75) is 0 Å². The van der Waals surface area contributed by atoms with Gasteiger partial charge in [0.1, 0.15) is 23.1 Å². The van der Waals surface area contributed by atoms with Crippen molar-refractivity contribution in [1.29, 1.82) is 0 Å². The molecule has 24 heavy (non-hydrogen) atoms. The predicted molar refractivity (Wildman–Crippen MR) is 96.0 cm³/mol. The van der Waals surface area contributed by atoms with E-state index in [4.69, 9.17) is 0 Å². The fraction of sp³-hybridized carbons (Fsp3) is 0. The van der Waals surface area contributed by atoms with Crippen LogP contribution in [0.4, 0.5) is 8.78 Å². The fourth-order valence-electron chi connectivity index (χ4n) is 2.41. The highest BCUT2D eigenvalue weighted by molar-refractivity contribution is 9.10. The van der Waals surface area contributed by atoms with E-state index in [-0.39, 0.29) is 33.8 Å². The van der Waals surface area contributed by atoms with E-state index in [9.17, 15) is 19.0 Å². The molecule has 122 valence electrons. The molecule has 3 rings (SSSR count). The second-order valence-corrected chi connectivity index (χ2v) is 6.97. The number of benzene rings is 3. The Morgan fingerprint density at radius 2 is 0.958 bits per heavy atom. The second kappa shape index (κ2) is 6.53. The Balaban J connectivity index is 2.20. The van der Waals surface area contributed by atoms with Gasteiger partial charge < -0.3 is 10.2 Å². The lowest BCUT2D eigenvalue weighted by Gasteiger charge is -2.11. The summed E-state index contributed by atoms with van der Waals surface area (Å²) in [5, 5.41) is 19.8. The first-order valence-electron chi connectivity index (χ1n) is 6.83. The zero-order valence-electron chi connectivity index (χ0n) is 12.0. The topological polar surface area (TPSA) is 40.5 Å². The van der Waals surface area contributed by atoms with Gasteiger partial charge in [-0.2, -0.15) is 0 Å². The molecule has 0 heterocycles. The summed E-state index contributed by atoms with van der Waals surface area (Å²) >= 11 is 6.48. The molecule has 0 aromatic heterocycles. The quantitative estimate of drug-likeness (QED) is 0.480. The van der Waals surface area contributed by atoms with E-state index in [2.05, 4.69) is 31.9 Å². The van der Waals surface area contributed by atoms with Crippen LogP contribution in [0.25, 0.3) is 22.3 Å². The van der Waals surface area contributed by atoms with E-state index in [1.165, 1.54) is 24.3 Å². The molecule has 0 aliphatic carbocycles. The maximum atomic E-state index is 14.6. The Morgan fingerprint density at radius 3 is 1.33 bits per heavy atom. The number of phenols is 2. The zero-order chi connectivity index (χ0) is 17.4. The highest BCUT2D eigenvalue weighted by atomic mass is 79.9. The molecule has 0 radical (unpaired) electrons. The molecule has 0 fully saturated rings. The third-order valence-electron chi connectivity index (χ3n) is 3.55. The molecule has 0 saturated carbocycles. The molecule has 0 unspecified atom stereocenters. The van der Waals surface area contributed by atoms with Gasteiger partial charge in [0, 0.05) is 31.2 Å². The first kappa shape index (κ1) is 16.9. The second-order valence-electron chi connectivity index (χ2n) is 5.13. The summed E-state index contributed by atoms with van der Waals surface area (Å²) in [6.07, 6.45) is 0. The Labute approximate surface area is 153 Å². The van der Waals surface area contributed by atoms with Crippen molar-refractivity contribution in [3.05, 3.63) is 69.1 Å². The number of phenolic OH excluding ortho intramolecular Hbond substituents is 2. The van der Waals surface area contributed by atoms with Gasteiger partial charge in [-0.3, -0.25) is 0 Å². The summed E-state index contributed by atoms with van der Waals surface area (Å²) in [5.74, 6) is -1.73. The normalized spacial score (nSPS) is 10.8. The minimum Gasteiger partial charge on any atom is -0.507 e. The summed E-state index contributed by atoms with van der Waals surface area (Å²) < 4.78 is 30.4. The van der Waals surface area contributed by atoms with Crippen molar-refractivity contribution in [2.75, 3.05) is 0 Å². The molecule has 0 bridgehead atoms. The smallest absolute Gasteiger partial charge is 0.131 e. The van der Waals surface area contributed by atoms with E-state index in [0.717, 1.165) is 12.1 Å². The van der Waals surface area contributed by atoms with Gasteiger partial charge in [-0.15, -0.1) is 0 Å². The van der Waals surface area contributed by atoms with Crippen LogP contribution in [0.3, 0.4) is 0 Å². The van der Waals surface area contributed by atoms with Crippen LogP contribution in [0.2, 0.25) is 0 Å². The Kier molecular flexibility index (Phi) is 4.60. The number of halogens is 4. The van der Waals surface area contributed by atoms with Crippen LogP contribution < -0.4 is 0 Å². The van der Waals surface area contributed by atoms with Crippen molar-refractivity contribution in [3.63, 3.8) is 0 Å². The van der Waals surface area contributed by atoms with Gasteiger partial charge in [-0.25, -0.2) is 8.78 Å². The Morgan fingerprint density at radius 1 is 0.583 bits per heavy atom. The van der Waals surface area contributed by atoms with Gasteiger partial charge in [0.25, 0.3) is 0 Å². The van der Waals surface area contributed by atoms with E-state index < -0.39 is 11.6 Å². The molecular formula is C18H10Br2F2O2. The molecule has 2 nitrogen and oxygen atoms in total. The maximum absolute atomic E-state index is 14.6. The summed E-state index contributed by atoms with van der Waals surface area (Å²) in [6, 6.07) is 11.0. The van der Waals surface area contributed by atoms with Gasteiger partial charge in [-0.1, -0.05) is 31.9 Å². The predicted octanol–water partition coefficient (Wildman–Crippen LogP) is 6.24. The summed E-state index contributed by atoms with van der Waals surface area (Å²) in [7, 11) is 0. The van der Waals surface area contributed by atoms with Crippen LogP contribution in [0.15, 0.2) is 57.5 Å². The maximum Gasteiger partial charge on any atom is 0.131 e. The molecule has 6 heteroatoms. The van der Waals surface area contributed by atoms with Crippen molar-refractivity contribution >= 4 is 31.9 Å². The zero-order valence-corrected chi connectivity index (χ0v) is 15.2. The first-order chi connectivity index (χ1) is 11.4. The largest absolute Gasteiger partial charge is 0.507 e. The highest BCUT2D eigenvalue weighted by Crippen LogP contribution is 2.39. The van der Waals surface area contributed by atoms with Gasteiger partial charge >= 0.3 is 0 Å². The van der Waals surface area contributed by atoms with E-state index in [1.54, 1.807) is 12.1 Å². The lowest BCUT2D eigenvalue weighted by Crippen LogP contribution is -1.93. The van der Waals surface area contributed by atoms with Crippen LogP contribution in [-0.2, 0) is 0 Å². The number of hydrogen-bond acceptors (Lipinski definition) is 2. The fourth-order valence-corrected chi connectivity index (χ4v) is 3.13. The minimum absolute atomic E-state index is 0.0652. The number of rotatable bonds is 2. The molecule has 0 atom stereocenters. The van der Waals surface area contributed by atoms with Gasteiger partial charge in [0.2, 0.25) is 0 Å². The molecule has 0 aliphatic rings. The molecule has 0 aliphatic heterocycles. The molecule has 2 N–H and O–H groups in total. The third kappa shape index (κ3) is 3.16. The molecule has 0 amide bonds. The van der Waals surface area contributed by atoms with Crippen molar-refractivity contribution < 1.29 is 19.0 Å². The molecule has 3 aromatic rings. The average Bonchev–Trinajstić information content (AvgIpc) is 2.54. The molecule has 3 aromatic carbocycles. The van der Waals surface area contributed by atoms with Gasteiger partial charge in [0.15, 0.2) is 0 Å². The van der Waals surface area contributed by atoms with Crippen LogP contribution in [0, 0.1) is 11.6 Å². The van der Waals surface area contributed by atoms with Crippen LogP contribution >= 0.6 is 31.9 Å². The van der Waals surface area contributed by atoms with Gasteiger partial charge in [0.05, 0.1) is 0 Å². The molecule has 0 spiro atoms. The van der Waals surface area contributed by atoms with E-state index in [1.807, 2.05) is 0 Å². The van der Waals surface area contributed by atoms with Crippen molar-refractivity contribution in [3.8, 4) is 33.8 Å². The summed E-state index contributed by atoms with van der Waals surface area (Å²) in [5.41, 5.74) is 0.214. The monoisotopic (exact) mass is 454 g/mol. The van der Waals surface area contributed by atoms with Crippen LogP contribution in [0.5, 0.6) is 11.5 Å². The highest BCUT2D eigenvalue weighted by Gasteiger charge is 2.17. The lowest BCUT2D eigenvalue weighted by molar-refractivity contribution is 0.475. The van der Waals surface area contributed by atoms with Crippen molar-refractivity contribution in [2.24, 2.45) is 0 Å². The summed E-state index contributed by atoms with van der Waals surface area (Å²) in [6.45, 7) is 0.